The molecule has 0 aliphatic carbocycles. The number of carbonyl (C=O) groups excluding carboxylic acids is 2. The van der Waals surface area contributed by atoms with E-state index in [1.807, 2.05) is 41.8 Å². The average Bonchev–Trinajstić information content (AvgIpc) is 2.65. The highest BCUT2D eigenvalue weighted by molar-refractivity contribution is 8.00. The normalized spacial score (nSPS) is 15.0. The van der Waals surface area contributed by atoms with Crippen molar-refractivity contribution < 1.29 is 9.59 Å². The van der Waals surface area contributed by atoms with Gasteiger partial charge in [0.1, 0.15) is 6.29 Å². The number of aldehydes is 2. The first-order valence-corrected chi connectivity index (χ1v) is 8.95. The first-order chi connectivity index (χ1) is 11.8. The van der Waals surface area contributed by atoms with Gasteiger partial charge in [0.15, 0.2) is 6.29 Å². The predicted molar refractivity (Wildman–Crippen MR) is 98.5 cm³/mol. The van der Waals surface area contributed by atoms with Crippen LogP contribution in [0.15, 0.2) is 63.4 Å². The molecule has 6 heteroatoms. The summed E-state index contributed by atoms with van der Waals surface area (Å²) in [5, 5.41) is 5.37. The fraction of sp³-hybridized carbons (Fsp3) is 0. The van der Waals surface area contributed by atoms with Crippen molar-refractivity contribution in [3.8, 4) is 0 Å². The molecule has 0 saturated carbocycles. The quantitative estimate of drug-likeness (QED) is 0.539. The van der Waals surface area contributed by atoms with Crippen LogP contribution in [0.2, 0.25) is 0 Å². The Bertz CT molecular complexity index is 919. The molecule has 2 heterocycles. The Labute approximate surface area is 147 Å². The molecule has 2 N–H and O–H groups in total. The Kier molecular flexibility index (Phi) is 3.92. The fourth-order valence-electron chi connectivity index (χ4n) is 2.69. The SMILES string of the molecule is O=CC1=C(c2cccc3c2Nc2ccc(C=O)cc2S3)C=CSN1. The Balaban J connectivity index is 1.83. The maximum Gasteiger partial charge on any atom is 0.167 e. The van der Waals surface area contributed by atoms with E-state index in [2.05, 4.69) is 10.0 Å². The molecular weight excluding hydrogens is 340 g/mol. The van der Waals surface area contributed by atoms with Gasteiger partial charge in [-0.15, -0.1) is 0 Å². The maximum atomic E-state index is 11.4. The molecule has 118 valence electrons. The molecule has 2 aliphatic rings. The van der Waals surface area contributed by atoms with Crippen molar-refractivity contribution in [1.29, 1.82) is 0 Å². The summed E-state index contributed by atoms with van der Waals surface area (Å²) >= 11 is 2.99. The van der Waals surface area contributed by atoms with Crippen LogP contribution in [0, 0.1) is 0 Å². The Hall–Kier alpha value is -2.44. The standard InChI is InChI=1S/C18H12N2O2S2/c21-9-11-4-5-14-17(8-11)24-16-3-1-2-13(18(16)19-14)12-6-7-23-20-15(12)10-22/h1-10,19-20H. The average molecular weight is 352 g/mol. The van der Waals surface area contributed by atoms with E-state index in [4.69, 9.17) is 0 Å². The number of para-hydroxylation sites is 1. The van der Waals surface area contributed by atoms with Gasteiger partial charge < -0.3 is 10.0 Å². The largest absolute Gasteiger partial charge is 0.353 e. The van der Waals surface area contributed by atoms with Crippen molar-refractivity contribution in [1.82, 2.24) is 4.72 Å². The molecule has 2 aliphatic heterocycles. The molecule has 24 heavy (non-hydrogen) atoms. The summed E-state index contributed by atoms with van der Waals surface area (Å²) in [7, 11) is 0. The van der Waals surface area contributed by atoms with Crippen LogP contribution in [-0.2, 0) is 4.79 Å². The number of allylic oxidation sites excluding steroid dienone is 3. The van der Waals surface area contributed by atoms with Gasteiger partial charge in [-0.2, -0.15) is 0 Å². The molecule has 2 aromatic rings. The smallest absolute Gasteiger partial charge is 0.167 e. The molecule has 4 rings (SSSR count). The number of rotatable bonds is 3. The molecule has 4 nitrogen and oxygen atoms in total. The van der Waals surface area contributed by atoms with E-state index in [9.17, 15) is 9.59 Å². The summed E-state index contributed by atoms with van der Waals surface area (Å²) in [5.41, 5.74) is 4.98. The fourth-order valence-corrected chi connectivity index (χ4v) is 4.32. The molecule has 0 amide bonds. The second kappa shape index (κ2) is 6.22. The molecule has 0 spiro atoms. The second-order valence-electron chi connectivity index (χ2n) is 5.25. The van der Waals surface area contributed by atoms with Crippen LogP contribution in [0.1, 0.15) is 15.9 Å². The molecule has 0 saturated heterocycles. The highest BCUT2D eigenvalue weighted by Gasteiger charge is 2.21. The molecule has 2 aromatic carbocycles. The van der Waals surface area contributed by atoms with Crippen LogP contribution in [0.5, 0.6) is 0 Å². The van der Waals surface area contributed by atoms with Gasteiger partial charge in [0.2, 0.25) is 0 Å². The lowest BCUT2D eigenvalue weighted by Gasteiger charge is -2.25. The van der Waals surface area contributed by atoms with Crippen LogP contribution in [0.4, 0.5) is 11.4 Å². The zero-order valence-electron chi connectivity index (χ0n) is 12.4. The Morgan fingerprint density at radius 2 is 1.92 bits per heavy atom. The maximum absolute atomic E-state index is 11.4. The van der Waals surface area contributed by atoms with Gasteiger partial charge >= 0.3 is 0 Å². The summed E-state index contributed by atoms with van der Waals surface area (Å²) in [5.74, 6) is 0. The van der Waals surface area contributed by atoms with Gasteiger partial charge in [-0.3, -0.25) is 9.59 Å². The first-order valence-electron chi connectivity index (χ1n) is 7.25. The zero-order valence-corrected chi connectivity index (χ0v) is 14.0. The molecule has 0 unspecified atom stereocenters. The van der Waals surface area contributed by atoms with Crippen LogP contribution in [-0.4, -0.2) is 12.6 Å². The van der Waals surface area contributed by atoms with E-state index in [1.165, 1.54) is 11.9 Å². The lowest BCUT2D eigenvalue weighted by Crippen LogP contribution is -2.11. The third-order valence-electron chi connectivity index (χ3n) is 3.82. The lowest BCUT2D eigenvalue weighted by molar-refractivity contribution is -0.105. The first kappa shape index (κ1) is 15.1. The zero-order chi connectivity index (χ0) is 16.5. The highest BCUT2D eigenvalue weighted by atomic mass is 32.2. The van der Waals surface area contributed by atoms with E-state index in [-0.39, 0.29) is 0 Å². The predicted octanol–water partition coefficient (Wildman–Crippen LogP) is 4.38. The van der Waals surface area contributed by atoms with Crippen molar-refractivity contribution >= 4 is 53.2 Å². The van der Waals surface area contributed by atoms with Gasteiger partial charge in [-0.1, -0.05) is 23.9 Å². The van der Waals surface area contributed by atoms with Gasteiger partial charge in [0, 0.05) is 26.5 Å². The summed E-state index contributed by atoms with van der Waals surface area (Å²) < 4.78 is 3.03. The molecular formula is C18H12N2O2S2. The van der Waals surface area contributed by atoms with Gasteiger partial charge in [-0.05, 0) is 47.7 Å². The van der Waals surface area contributed by atoms with Crippen molar-refractivity contribution in [3.63, 3.8) is 0 Å². The van der Waals surface area contributed by atoms with Crippen LogP contribution in [0.3, 0.4) is 0 Å². The minimum Gasteiger partial charge on any atom is -0.353 e. The van der Waals surface area contributed by atoms with Crippen molar-refractivity contribution in [2.45, 2.75) is 9.79 Å². The summed E-state index contributed by atoms with van der Waals surface area (Å²) in [6.45, 7) is 0. The van der Waals surface area contributed by atoms with Crippen molar-refractivity contribution in [3.05, 3.63) is 64.7 Å². The number of carbonyl (C=O) groups is 2. The number of benzene rings is 2. The monoisotopic (exact) mass is 352 g/mol. The number of nitrogens with one attached hydrogen (secondary N) is 2. The molecule has 0 bridgehead atoms. The minimum absolute atomic E-state index is 0.560. The third-order valence-corrected chi connectivity index (χ3v) is 5.55. The molecule has 0 aromatic heterocycles. The summed E-state index contributed by atoms with van der Waals surface area (Å²) in [6, 6.07) is 11.6. The highest BCUT2D eigenvalue weighted by Crippen LogP contribution is 2.47. The van der Waals surface area contributed by atoms with E-state index in [0.29, 0.717) is 11.3 Å². The van der Waals surface area contributed by atoms with Crippen molar-refractivity contribution in [2.75, 3.05) is 5.32 Å². The lowest BCUT2D eigenvalue weighted by atomic mass is 10.0. The Morgan fingerprint density at radius 1 is 1.00 bits per heavy atom. The summed E-state index contributed by atoms with van der Waals surface area (Å²) in [4.78, 5) is 24.4. The van der Waals surface area contributed by atoms with Crippen LogP contribution < -0.4 is 10.0 Å². The number of hydrogen-bond donors (Lipinski definition) is 2. The van der Waals surface area contributed by atoms with E-state index in [0.717, 1.165) is 44.9 Å². The molecule has 0 fully saturated rings. The molecule has 0 atom stereocenters. The second-order valence-corrected chi connectivity index (χ2v) is 7.04. The van der Waals surface area contributed by atoms with E-state index in [1.54, 1.807) is 17.8 Å². The van der Waals surface area contributed by atoms with Crippen molar-refractivity contribution in [2.24, 2.45) is 0 Å². The van der Waals surface area contributed by atoms with Gasteiger partial charge in [-0.25, -0.2) is 0 Å². The number of fused-ring (bicyclic) bond motifs is 2. The molecule has 0 radical (unpaired) electrons. The third kappa shape index (κ3) is 2.53. The summed E-state index contributed by atoms with van der Waals surface area (Å²) in [6.07, 6.45) is 3.63. The van der Waals surface area contributed by atoms with E-state index < -0.39 is 0 Å². The van der Waals surface area contributed by atoms with E-state index >= 15 is 0 Å². The van der Waals surface area contributed by atoms with Crippen LogP contribution >= 0.6 is 23.7 Å². The number of hydrogen-bond acceptors (Lipinski definition) is 6. The number of anilines is 2. The minimum atomic E-state index is 0.560. The van der Waals surface area contributed by atoms with Gasteiger partial charge in [0.25, 0.3) is 0 Å². The van der Waals surface area contributed by atoms with Crippen LogP contribution in [0.25, 0.3) is 5.57 Å². The topological polar surface area (TPSA) is 58.2 Å². The Morgan fingerprint density at radius 3 is 2.75 bits per heavy atom. The van der Waals surface area contributed by atoms with Gasteiger partial charge in [0.05, 0.1) is 17.1 Å².